The highest BCUT2D eigenvalue weighted by Crippen LogP contribution is 2.44. The molecule has 0 radical (unpaired) electrons. The van der Waals surface area contributed by atoms with Crippen molar-refractivity contribution in [1.82, 2.24) is 0 Å². The Balaban J connectivity index is 1.55. The number of rotatable bonds is 9. The highest BCUT2D eigenvalue weighted by atomic mass is 16.3. The predicted octanol–water partition coefficient (Wildman–Crippen LogP) is 6.09. The Labute approximate surface area is 132 Å². The molecule has 1 N–H and O–H groups in total. The third-order valence-corrected chi connectivity index (χ3v) is 6.23. The van der Waals surface area contributed by atoms with Gasteiger partial charge >= 0.3 is 0 Å². The highest BCUT2D eigenvalue weighted by Gasteiger charge is 2.34. The summed E-state index contributed by atoms with van der Waals surface area (Å²) in [6.45, 7) is 2.28. The molecule has 0 bridgehead atoms. The molecule has 2 aliphatic carbocycles. The van der Waals surface area contributed by atoms with Crippen LogP contribution in [0.1, 0.15) is 103 Å². The summed E-state index contributed by atoms with van der Waals surface area (Å²) in [7, 11) is 0. The summed E-state index contributed by atoms with van der Waals surface area (Å²) < 4.78 is 0. The van der Waals surface area contributed by atoms with E-state index in [2.05, 4.69) is 6.92 Å². The number of hydrogen-bond acceptors (Lipinski definition) is 1. The third kappa shape index (κ3) is 5.93. The highest BCUT2D eigenvalue weighted by molar-refractivity contribution is 4.85. The van der Waals surface area contributed by atoms with E-state index in [1.54, 1.807) is 0 Å². The van der Waals surface area contributed by atoms with Gasteiger partial charge in [0.1, 0.15) is 0 Å². The predicted molar refractivity (Wildman–Crippen MR) is 91.4 cm³/mol. The Morgan fingerprint density at radius 2 is 1.48 bits per heavy atom. The van der Waals surface area contributed by atoms with Crippen LogP contribution in [0.15, 0.2) is 0 Å². The van der Waals surface area contributed by atoms with Gasteiger partial charge in [-0.05, 0) is 43.4 Å². The molecule has 1 heteroatoms. The molecule has 4 atom stereocenters. The molecule has 0 aliphatic heterocycles. The van der Waals surface area contributed by atoms with E-state index in [1.165, 1.54) is 89.9 Å². The van der Waals surface area contributed by atoms with Crippen molar-refractivity contribution in [3.8, 4) is 0 Å². The standard InChI is InChI=1S/C20H38O/c1-2-3-4-5-6-7-8-13-20(21)19-15-14-17-11-9-10-12-18(17)16-19/h17-21H,2-16H2,1H3. The molecular formula is C20H38O. The molecule has 1 nitrogen and oxygen atoms in total. The first-order valence-electron chi connectivity index (χ1n) is 9.99. The summed E-state index contributed by atoms with van der Waals surface area (Å²) in [5.41, 5.74) is 0. The van der Waals surface area contributed by atoms with Crippen LogP contribution in [0.3, 0.4) is 0 Å². The SMILES string of the molecule is CCCCCCCCCC(O)C1CCC2CCCCC2C1. The number of fused-ring (bicyclic) bond motifs is 1. The fourth-order valence-corrected chi connectivity index (χ4v) is 4.81. The molecule has 0 aromatic rings. The van der Waals surface area contributed by atoms with E-state index in [0.717, 1.165) is 18.3 Å². The van der Waals surface area contributed by atoms with Crippen LogP contribution in [0.2, 0.25) is 0 Å². The van der Waals surface area contributed by atoms with Gasteiger partial charge in [0, 0.05) is 0 Å². The lowest BCUT2D eigenvalue weighted by molar-refractivity contribution is 0.0298. The van der Waals surface area contributed by atoms with E-state index < -0.39 is 0 Å². The normalized spacial score (nSPS) is 30.9. The number of aliphatic hydroxyl groups excluding tert-OH is 1. The quantitative estimate of drug-likeness (QED) is 0.510. The molecule has 0 aromatic carbocycles. The molecule has 2 aliphatic rings. The molecule has 0 saturated heterocycles. The van der Waals surface area contributed by atoms with Gasteiger partial charge in [-0.1, -0.05) is 77.6 Å². The average molecular weight is 295 g/mol. The summed E-state index contributed by atoms with van der Waals surface area (Å²) in [5, 5.41) is 10.5. The van der Waals surface area contributed by atoms with Crippen molar-refractivity contribution in [2.24, 2.45) is 17.8 Å². The van der Waals surface area contributed by atoms with Crippen LogP contribution < -0.4 is 0 Å². The maximum absolute atomic E-state index is 10.5. The second-order valence-electron chi connectivity index (χ2n) is 7.86. The first-order valence-corrected chi connectivity index (χ1v) is 9.99. The van der Waals surface area contributed by atoms with Gasteiger partial charge in [0.05, 0.1) is 6.10 Å². The average Bonchev–Trinajstić information content (AvgIpc) is 2.53. The molecule has 0 amide bonds. The largest absolute Gasteiger partial charge is 0.393 e. The Bertz CT molecular complexity index is 263. The first-order chi connectivity index (χ1) is 10.3. The van der Waals surface area contributed by atoms with E-state index in [1.807, 2.05) is 0 Å². The molecule has 2 fully saturated rings. The van der Waals surface area contributed by atoms with Gasteiger partial charge < -0.3 is 5.11 Å². The third-order valence-electron chi connectivity index (χ3n) is 6.23. The molecule has 4 unspecified atom stereocenters. The topological polar surface area (TPSA) is 20.2 Å². The van der Waals surface area contributed by atoms with Gasteiger partial charge in [0.15, 0.2) is 0 Å². The molecule has 2 rings (SSSR count). The fraction of sp³-hybridized carbons (Fsp3) is 1.00. The van der Waals surface area contributed by atoms with E-state index in [-0.39, 0.29) is 6.10 Å². The van der Waals surface area contributed by atoms with Crippen molar-refractivity contribution in [2.45, 2.75) is 109 Å². The van der Waals surface area contributed by atoms with Gasteiger partial charge in [-0.3, -0.25) is 0 Å². The first kappa shape index (κ1) is 17.3. The van der Waals surface area contributed by atoms with Crippen molar-refractivity contribution in [1.29, 1.82) is 0 Å². The molecule has 124 valence electrons. The van der Waals surface area contributed by atoms with Crippen molar-refractivity contribution < 1.29 is 5.11 Å². The zero-order valence-corrected chi connectivity index (χ0v) is 14.4. The monoisotopic (exact) mass is 294 g/mol. The Morgan fingerprint density at radius 3 is 2.24 bits per heavy atom. The van der Waals surface area contributed by atoms with Crippen LogP contribution in [-0.4, -0.2) is 11.2 Å². The van der Waals surface area contributed by atoms with Gasteiger partial charge in [-0.25, -0.2) is 0 Å². The lowest BCUT2D eigenvalue weighted by Gasteiger charge is -2.40. The van der Waals surface area contributed by atoms with Gasteiger partial charge in [-0.15, -0.1) is 0 Å². The van der Waals surface area contributed by atoms with E-state index in [9.17, 15) is 5.11 Å². The van der Waals surface area contributed by atoms with E-state index in [4.69, 9.17) is 0 Å². The van der Waals surface area contributed by atoms with E-state index >= 15 is 0 Å². The van der Waals surface area contributed by atoms with Crippen LogP contribution in [-0.2, 0) is 0 Å². The molecule has 0 aromatic heterocycles. The van der Waals surface area contributed by atoms with Crippen molar-refractivity contribution in [2.75, 3.05) is 0 Å². The minimum atomic E-state index is 0.00326. The van der Waals surface area contributed by atoms with Gasteiger partial charge in [0.25, 0.3) is 0 Å². The van der Waals surface area contributed by atoms with Crippen molar-refractivity contribution >= 4 is 0 Å². The van der Waals surface area contributed by atoms with Crippen molar-refractivity contribution in [3.63, 3.8) is 0 Å². The maximum Gasteiger partial charge on any atom is 0.0568 e. The molecule has 2 saturated carbocycles. The van der Waals surface area contributed by atoms with Crippen LogP contribution in [0.25, 0.3) is 0 Å². The molecule has 0 heterocycles. The fourth-order valence-electron chi connectivity index (χ4n) is 4.81. The lowest BCUT2D eigenvalue weighted by Crippen LogP contribution is -2.33. The lowest BCUT2D eigenvalue weighted by atomic mass is 9.66. The Morgan fingerprint density at radius 1 is 0.810 bits per heavy atom. The zero-order valence-electron chi connectivity index (χ0n) is 14.4. The molecule has 21 heavy (non-hydrogen) atoms. The van der Waals surface area contributed by atoms with Crippen molar-refractivity contribution in [3.05, 3.63) is 0 Å². The summed E-state index contributed by atoms with van der Waals surface area (Å²) in [4.78, 5) is 0. The maximum atomic E-state index is 10.5. The summed E-state index contributed by atoms with van der Waals surface area (Å²) in [6, 6.07) is 0. The molecule has 0 spiro atoms. The zero-order chi connectivity index (χ0) is 14.9. The summed E-state index contributed by atoms with van der Waals surface area (Å²) in [5.74, 6) is 2.60. The van der Waals surface area contributed by atoms with Crippen LogP contribution in [0, 0.1) is 17.8 Å². The smallest absolute Gasteiger partial charge is 0.0568 e. The van der Waals surface area contributed by atoms with Gasteiger partial charge in [0.2, 0.25) is 0 Å². The second-order valence-corrected chi connectivity index (χ2v) is 7.86. The molecular weight excluding hydrogens is 256 g/mol. The minimum absolute atomic E-state index is 0.00326. The second kappa shape index (κ2) is 9.87. The number of hydrogen-bond donors (Lipinski definition) is 1. The summed E-state index contributed by atoms with van der Waals surface area (Å²) in [6.07, 6.45) is 20.5. The Hall–Kier alpha value is -0.0400. The number of unbranched alkanes of at least 4 members (excludes halogenated alkanes) is 6. The van der Waals surface area contributed by atoms with Crippen LogP contribution >= 0.6 is 0 Å². The van der Waals surface area contributed by atoms with E-state index in [0.29, 0.717) is 5.92 Å². The van der Waals surface area contributed by atoms with Crippen LogP contribution in [0.4, 0.5) is 0 Å². The number of aliphatic hydroxyl groups is 1. The minimum Gasteiger partial charge on any atom is -0.393 e. The Kier molecular flexibility index (Phi) is 8.14. The summed E-state index contributed by atoms with van der Waals surface area (Å²) >= 11 is 0. The van der Waals surface area contributed by atoms with Gasteiger partial charge in [-0.2, -0.15) is 0 Å². The van der Waals surface area contributed by atoms with Crippen LogP contribution in [0.5, 0.6) is 0 Å².